The molecular weight excluding hydrogens is 404 g/mol. The minimum absolute atomic E-state index is 0.0316. The summed E-state index contributed by atoms with van der Waals surface area (Å²) in [4.78, 5) is 25.7. The molecule has 0 spiro atoms. The zero-order valence-corrected chi connectivity index (χ0v) is 18.2. The van der Waals surface area contributed by atoms with Crippen LogP contribution in [0.5, 0.6) is 0 Å². The first kappa shape index (κ1) is 21.4. The quantitative estimate of drug-likeness (QED) is 0.431. The van der Waals surface area contributed by atoms with Crippen molar-refractivity contribution < 1.29 is 9.32 Å². The third-order valence-electron chi connectivity index (χ3n) is 5.10. The van der Waals surface area contributed by atoms with Crippen molar-refractivity contribution >= 4 is 5.91 Å². The Balaban J connectivity index is 1.40. The molecule has 1 atom stereocenters. The average molecular weight is 431 g/mol. The molecule has 0 saturated heterocycles. The highest BCUT2D eigenvalue weighted by molar-refractivity contribution is 5.92. The zero-order chi connectivity index (χ0) is 22.3. The third kappa shape index (κ3) is 5.26. The van der Waals surface area contributed by atoms with Gasteiger partial charge in [0.1, 0.15) is 17.8 Å². The van der Waals surface area contributed by atoms with Crippen LogP contribution in [0.15, 0.2) is 65.7 Å². The lowest BCUT2D eigenvalue weighted by atomic mass is 10.1. The highest BCUT2D eigenvalue weighted by Crippen LogP contribution is 2.19. The van der Waals surface area contributed by atoms with E-state index in [9.17, 15) is 4.79 Å². The minimum atomic E-state index is -0.207. The number of carbonyl (C=O) groups excluding carboxylic acids is 1. The van der Waals surface area contributed by atoms with Crippen LogP contribution < -0.4 is 5.32 Å². The molecule has 0 fully saturated rings. The number of pyridine rings is 1. The van der Waals surface area contributed by atoms with Crippen LogP contribution in [0.3, 0.4) is 0 Å². The molecule has 1 aromatic carbocycles. The number of rotatable bonds is 9. The summed E-state index contributed by atoms with van der Waals surface area (Å²) in [7, 11) is 0. The molecule has 0 bridgehead atoms. The van der Waals surface area contributed by atoms with Crippen LogP contribution in [0.2, 0.25) is 0 Å². The fourth-order valence-electron chi connectivity index (χ4n) is 3.35. The highest BCUT2D eigenvalue weighted by atomic mass is 16.5. The van der Waals surface area contributed by atoms with Crippen LogP contribution in [-0.2, 0) is 12.8 Å². The standard InChI is InChI=1S/C24H26N6O2/c1-3-7-21-28-24(32-29-21)19-12-13-25-22(14-19)30-15-20(26-16-30)23(31)27-17(2)10-11-18-8-5-4-6-9-18/h4-6,8-9,12-17H,3,7,10-11H2,1-2H3,(H,27,31)/t17-/m1/s1. The number of aromatic nitrogens is 5. The molecule has 8 nitrogen and oxygen atoms in total. The summed E-state index contributed by atoms with van der Waals surface area (Å²) in [6, 6.07) is 13.9. The first-order valence-corrected chi connectivity index (χ1v) is 10.8. The molecule has 8 heteroatoms. The van der Waals surface area contributed by atoms with E-state index in [-0.39, 0.29) is 11.9 Å². The van der Waals surface area contributed by atoms with E-state index in [1.165, 1.54) is 5.56 Å². The maximum Gasteiger partial charge on any atom is 0.271 e. The van der Waals surface area contributed by atoms with E-state index in [0.29, 0.717) is 23.2 Å². The Bertz CT molecular complexity index is 1170. The SMILES string of the molecule is CCCc1noc(-c2ccnc(-n3cnc(C(=O)N[C@H](C)CCc4ccccc4)c3)c2)n1. The Morgan fingerprint density at radius 1 is 1.16 bits per heavy atom. The van der Waals surface area contributed by atoms with E-state index in [1.54, 1.807) is 23.3 Å². The predicted molar refractivity (Wildman–Crippen MR) is 120 cm³/mol. The van der Waals surface area contributed by atoms with Crippen molar-refractivity contribution in [2.75, 3.05) is 0 Å². The van der Waals surface area contributed by atoms with E-state index in [1.807, 2.05) is 37.3 Å². The largest absolute Gasteiger partial charge is 0.348 e. The summed E-state index contributed by atoms with van der Waals surface area (Å²) in [5.74, 6) is 1.54. The van der Waals surface area contributed by atoms with E-state index in [2.05, 4.69) is 44.5 Å². The molecule has 4 aromatic rings. The fourth-order valence-corrected chi connectivity index (χ4v) is 3.35. The van der Waals surface area contributed by atoms with Crippen molar-refractivity contribution in [1.82, 2.24) is 30.0 Å². The summed E-state index contributed by atoms with van der Waals surface area (Å²) in [5.41, 5.74) is 2.36. The second-order valence-electron chi connectivity index (χ2n) is 7.73. The molecule has 3 aromatic heterocycles. The van der Waals surface area contributed by atoms with Crippen molar-refractivity contribution in [3.05, 3.63) is 78.3 Å². The molecule has 0 aliphatic rings. The Kier molecular flexibility index (Phi) is 6.69. The van der Waals surface area contributed by atoms with Gasteiger partial charge in [0.2, 0.25) is 0 Å². The summed E-state index contributed by atoms with van der Waals surface area (Å²) in [6.07, 6.45) is 8.39. The Labute approximate surface area is 186 Å². The van der Waals surface area contributed by atoms with Gasteiger partial charge in [0.15, 0.2) is 5.82 Å². The number of nitrogens with one attached hydrogen (secondary N) is 1. The molecule has 1 N–H and O–H groups in total. The number of hydrogen-bond acceptors (Lipinski definition) is 6. The highest BCUT2D eigenvalue weighted by Gasteiger charge is 2.15. The first-order chi connectivity index (χ1) is 15.6. The second kappa shape index (κ2) is 10.00. The summed E-state index contributed by atoms with van der Waals surface area (Å²) in [5, 5.41) is 7.01. The topological polar surface area (TPSA) is 98.7 Å². The predicted octanol–water partition coefficient (Wildman–Crippen LogP) is 4.02. The molecule has 32 heavy (non-hydrogen) atoms. The van der Waals surface area contributed by atoms with Gasteiger partial charge in [-0.1, -0.05) is 42.4 Å². The van der Waals surface area contributed by atoms with Gasteiger partial charge < -0.3 is 9.84 Å². The van der Waals surface area contributed by atoms with E-state index >= 15 is 0 Å². The van der Waals surface area contributed by atoms with Crippen molar-refractivity contribution in [1.29, 1.82) is 0 Å². The molecule has 0 aliphatic heterocycles. The van der Waals surface area contributed by atoms with Crippen LogP contribution in [0, 0.1) is 0 Å². The number of hydrogen-bond donors (Lipinski definition) is 1. The molecule has 0 saturated carbocycles. The van der Waals surface area contributed by atoms with Crippen molar-refractivity contribution in [2.45, 2.75) is 45.6 Å². The van der Waals surface area contributed by atoms with Gasteiger partial charge in [-0.3, -0.25) is 9.36 Å². The molecule has 3 heterocycles. The molecular formula is C24H26N6O2. The van der Waals surface area contributed by atoms with Crippen LogP contribution in [0.1, 0.15) is 48.6 Å². The van der Waals surface area contributed by atoms with Gasteiger partial charge in [0.25, 0.3) is 11.8 Å². The Hall–Kier alpha value is -3.81. The second-order valence-corrected chi connectivity index (χ2v) is 7.73. The molecule has 0 aliphatic carbocycles. The number of carbonyl (C=O) groups is 1. The smallest absolute Gasteiger partial charge is 0.271 e. The number of imidazole rings is 1. The van der Waals surface area contributed by atoms with Crippen molar-refractivity contribution in [3.8, 4) is 17.3 Å². The molecule has 1 amide bonds. The monoisotopic (exact) mass is 430 g/mol. The normalized spacial score (nSPS) is 11.9. The number of aryl methyl sites for hydroxylation is 2. The third-order valence-corrected chi connectivity index (χ3v) is 5.10. The Morgan fingerprint density at radius 3 is 2.81 bits per heavy atom. The molecule has 164 valence electrons. The minimum Gasteiger partial charge on any atom is -0.348 e. The van der Waals surface area contributed by atoms with Gasteiger partial charge in [-0.25, -0.2) is 9.97 Å². The van der Waals surface area contributed by atoms with Crippen molar-refractivity contribution in [2.24, 2.45) is 0 Å². The number of amides is 1. The van der Waals surface area contributed by atoms with Gasteiger partial charge in [-0.2, -0.15) is 4.98 Å². The lowest BCUT2D eigenvalue weighted by Crippen LogP contribution is -2.33. The lowest BCUT2D eigenvalue weighted by Gasteiger charge is -2.12. The summed E-state index contributed by atoms with van der Waals surface area (Å²) in [6.45, 7) is 4.07. The number of nitrogens with zero attached hydrogens (tertiary/aromatic N) is 5. The van der Waals surface area contributed by atoms with Crippen molar-refractivity contribution in [3.63, 3.8) is 0 Å². The van der Waals surface area contributed by atoms with E-state index < -0.39 is 0 Å². The maximum absolute atomic E-state index is 12.6. The summed E-state index contributed by atoms with van der Waals surface area (Å²) < 4.78 is 7.06. The van der Waals surface area contributed by atoms with Crippen LogP contribution in [-0.4, -0.2) is 36.6 Å². The molecule has 4 rings (SSSR count). The molecule has 0 radical (unpaired) electrons. The van der Waals surface area contributed by atoms with E-state index in [4.69, 9.17) is 4.52 Å². The molecule has 0 unspecified atom stereocenters. The van der Waals surface area contributed by atoms with Crippen LogP contribution in [0.4, 0.5) is 0 Å². The first-order valence-electron chi connectivity index (χ1n) is 10.8. The van der Waals surface area contributed by atoms with E-state index in [0.717, 1.165) is 31.2 Å². The Morgan fingerprint density at radius 2 is 2.00 bits per heavy atom. The zero-order valence-electron chi connectivity index (χ0n) is 18.2. The van der Waals surface area contributed by atoms with Gasteiger partial charge in [-0.05, 0) is 43.9 Å². The average Bonchev–Trinajstić information content (AvgIpc) is 3.49. The maximum atomic E-state index is 12.6. The van der Waals surface area contributed by atoms with Gasteiger partial charge in [-0.15, -0.1) is 0 Å². The summed E-state index contributed by atoms with van der Waals surface area (Å²) >= 11 is 0. The van der Waals surface area contributed by atoms with Gasteiger partial charge in [0, 0.05) is 30.4 Å². The van der Waals surface area contributed by atoms with Crippen LogP contribution >= 0.6 is 0 Å². The van der Waals surface area contributed by atoms with Crippen LogP contribution in [0.25, 0.3) is 17.3 Å². The lowest BCUT2D eigenvalue weighted by molar-refractivity contribution is 0.0934. The fraction of sp³-hybridized carbons (Fsp3) is 0.292. The number of benzene rings is 1. The van der Waals surface area contributed by atoms with Gasteiger partial charge >= 0.3 is 0 Å². The van der Waals surface area contributed by atoms with Gasteiger partial charge in [0.05, 0.1) is 0 Å².